The van der Waals surface area contributed by atoms with E-state index >= 15 is 0 Å². The molecule has 4 nitrogen and oxygen atoms in total. The number of carbonyl (C=O) groups is 1. The Morgan fingerprint density at radius 1 is 0.967 bits per heavy atom. The average molecular weight is 420 g/mol. The van der Waals surface area contributed by atoms with Crippen LogP contribution in [0.1, 0.15) is 40.0 Å². The maximum absolute atomic E-state index is 12.7. The third-order valence-corrected chi connectivity index (χ3v) is 6.14. The number of nitrogens with one attached hydrogen (secondary N) is 1. The van der Waals surface area contributed by atoms with E-state index in [1.807, 2.05) is 49.4 Å². The van der Waals surface area contributed by atoms with Crippen molar-refractivity contribution in [2.24, 2.45) is 0 Å². The molecule has 0 aliphatic carbocycles. The van der Waals surface area contributed by atoms with Crippen LogP contribution in [0, 0.1) is 6.92 Å². The molecule has 0 saturated carbocycles. The molecule has 0 saturated heterocycles. The van der Waals surface area contributed by atoms with Crippen LogP contribution in [-0.4, -0.2) is 19.1 Å². The molecule has 1 aliphatic rings. The van der Waals surface area contributed by atoms with Gasteiger partial charge in [0.25, 0.3) is 5.91 Å². The smallest absolute Gasteiger partial charge is 0.251 e. The first-order valence-corrected chi connectivity index (χ1v) is 11.1. The van der Waals surface area contributed by atoms with E-state index in [4.69, 9.17) is 9.47 Å². The molecule has 0 fully saturated rings. The van der Waals surface area contributed by atoms with E-state index in [9.17, 15) is 4.79 Å². The van der Waals surface area contributed by atoms with Gasteiger partial charge in [0.1, 0.15) is 13.2 Å². The van der Waals surface area contributed by atoms with Crippen molar-refractivity contribution in [2.75, 3.05) is 13.2 Å². The van der Waals surface area contributed by atoms with Gasteiger partial charge in [-0.1, -0.05) is 35.9 Å². The standard InChI is InChI=1S/C25H25NO3S/c1-17-3-10-22(11-4-17)30-16-19-5-7-20(8-6-19)25(27)26-18(2)21-9-12-23-24(15-21)29-14-13-28-23/h3-12,15,18H,13-14,16H2,1-2H3,(H,26,27)/t18-/m1/s1. The summed E-state index contributed by atoms with van der Waals surface area (Å²) >= 11 is 1.79. The minimum absolute atomic E-state index is 0.0878. The predicted octanol–water partition coefficient (Wildman–Crippen LogP) is 5.55. The number of aryl methyl sites for hydroxylation is 1. The first-order chi connectivity index (χ1) is 14.6. The summed E-state index contributed by atoms with van der Waals surface area (Å²) in [5.41, 5.74) is 4.10. The zero-order valence-electron chi connectivity index (χ0n) is 17.2. The lowest BCUT2D eigenvalue weighted by Crippen LogP contribution is -2.26. The van der Waals surface area contributed by atoms with E-state index in [1.54, 1.807) is 11.8 Å². The minimum atomic E-state index is -0.134. The number of ether oxygens (including phenoxy) is 2. The zero-order chi connectivity index (χ0) is 20.9. The van der Waals surface area contributed by atoms with Crippen molar-refractivity contribution in [3.8, 4) is 11.5 Å². The summed E-state index contributed by atoms with van der Waals surface area (Å²) in [4.78, 5) is 13.9. The normalized spacial score (nSPS) is 13.5. The van der Waals surface area contributed by atoms with Crippen molar-refractivity contribution in [3.05, 3.63) is 89.0 Å². The lowest BCUT2D eigenvalue weighted by molar-refractivity contribution is 0.0939. The highest BCUT2D eigenvalue weighted by molar-refractivity contribution is 7.98. The molecule has 1 aliphatic heterocycles. The van der Waals surface area contributed by atoms with Gasteiger partial charge in [-0.05, 0) is 61.4 Å². The SMILES string of the molecule is Cc1ccc(SCc2ccc(C(=O)N[C@H](C)c3ccc4c(c3)OCCO4)cc2)cc1. The van der Waals surface area contributed by atoms with Crippen LogP contribution in [0.3, 0.4) is 0 Å². The van der Waals surface area contributed by atoms with E-state index in [1.165, 1.54) is 16.0 Å². The minimum Gasteiger partial charge on any atom is -0.486 e. The summed E-state index contributed by atoms with van der Waals surface area (Å²) in [6.45, 7) is 5.17. The fourth-order valence-electron chi connectivity index (χ4n) is 3.25. The zero-order valence-corrected chi connectivity index (χ0v) is 18.0. The number of hydrogen-bond acceptors (Lipinski definition) is 4. The van der Waals surface area contributed by atoms with Crippen LogP contribution >= 0.6 is 11.8 Å². The van der Waals surface area contributed by atoms with Gasteiger partial charge in [-0.25, -0.2) is 0 Å². The second-order valence-electron chi connectivity index (χ2n) is 7.40. The molecule has 1 heterocycles. The molecular weight excluding hydrogens is 394 g/mol. The third kappa shape index (κ3) is 4.97. The van der Waals surface area contributed by atoms with Gasteiger partial charge in [-0.2, -0.15) is 0 Å². The topological polar surface area (TPSA) is 47.6 Å². The summed E-state index contributed by atoms with van der Waals surface area (Å²) in [6, 6.07) is 22.0. The number of fused-ring (bicyclic) bond motifs is 1. The van der Waals surface area contributed by atoms with Gasteiger partial charge in [-0.15, -0.1) is 11.8 Å². The van der Waals surface area contributed by atoms with Crippen molar-refractivity contribution >= 4 is 17.7 Å². The third-order valence-electron chi connectivity index (χ3n) is 5.06. The maximum atomic E-state index is 12.7. The first kappa shape index (κ1) is 20.4. The highest BCUT2D eigenvalue weighted by Crippen LogP contribution is 2.32. The Morgan fingerprint density at radius 3 is 2.40 bits per heavy atom. The summed E-state index contributed by atoms with van der Waals surface area (Å²) in [7, 11) is 0. The molecule has 1 amide bonds. The van der Waals surface area contributed by atoms with E-state index in [0.29, 0.717) is 18.8 Å². The van der Waals surface area contributed by atoms with Gasteiger partial charge >= 0.3 is 0 Å². The van der Waals surface area contributed by atoms with Gasteiger partial charge in [0, 0.05) is 16.2 Å². The van der Waals surface area contributed by atoms with Crippen LogP contribution < -0.4 is 14.8 Å². The Balaban J connectivity index is 1.34. The molecule has 4 rings (SSSR count). The van der Waals surface area contributed by atoms with E-state index < -0.39 is 0 Å². The van der Waals surface area contributed by atoms with Crippen LogP contribution in [0.25, 0.3) is 0 Å². The predicted molar refractivity (Wildman–Crippen MR) is 120 cm³/mol. The largest absolute Gasteiger partial charge is 0.486 e. The van der Waals surface area contributed by atoms with Gasteiger partial charge in [0.15, 0.2) is 11.5 Å². The van der Waals surface area contributed by atoms with Crippen molar-refractivity contribution in [1.82, 2.24) is 5.32 Å². The van der Waals surface area contributed by atoms with Crippen LogP contribution in [0.5, 0.6) is 11.5 Å². The number of thioether (sulfide) groups is 1. The van der Waals surface area contributed by atoms with Gasteiger partial charge < -0.3 is 14.8 Å². The Kier molecular flexibility index (Phi) is 6.29. The Labute approximate surface area is 181 Å². The summed E-state index contributed by atoms with van der Waals surface area (Å²) in [5.74, 6) is 2.27. The molecule has 0 bridgehead atoms. The Bertz CT molecular complexity index is 1020. The number of rotatable bonds is 6. The first-order valence-electron chi connectivity index (χ1n) is 10.1. The molecule has 3 aromatic carbocycles. The molecule has 1 N–H and O–H groups in total. The maximum Gasteiger partial charge on any atom is 0.251 e. The molecular formula is C25H25NO3S. The van der Waals surface area contributed by atoms with Crippen molar-refractivity contribution in [2.45, 2.75) is 30.5 Å². The van der Waals surface area contributed by atoms with Gasteiger partial charge in [0.2, 0.25) is 0 Å². The van der Waals surface area contributed by atoms with E-state index in [0.717, 1.165) is 22.8 Å². The Morgan fingerprint density at radius 2 is 1.67 bits per heavy atom. The molecule has 30 heavy (non-hydrogen) atoms. The number of carbonyl (C=O) groups excluding carboxylic acids is 1. The molecule has 0 aromatic heterocycles. The second kappa shape index (κ2) is 9.26. The number of hydrogen-bond donors (Lipinski definition) is 1. The molecule has 154 valence electrons. The molecule has 0 radical (unpaired) electrons. The van der Waals surface area contributed by atoms with Crippen LogP contribution in [0.4, 0.5) is 0 Å². The second-order valence-corrected chi connectivity index (χ2v) is 8.45. The summed E-state index contributed by atoms with van der Waals surface area (Å²) in [5, 5.41) is 3.06. The summed E-state index contributed by atoms with van der Waals surface area (Å²) < 4.78 is 11.2. The highest BCUT2D eigenvalue weighted by atomic mass is 32.2. The monoisotopic (exact) mass is 419 g/mol. The van der Waals surface area contributed by atoms with Crippen LogP contribution in [0.15, 0.2) is 71.6 Å². The van der Waals surface area contributed by atoms with E-state index in [2.05, 4.69) is 36.5 Å². The van der Waals surface area contributed by atoms with Gasteiger partial charge in [-0.3, -0.25) is 4.79 Å². The molecule has 3 aromatic rings. The number of benzene rings is 3. The fourth-order valence-corrected chi connectivity index (χ4v) is 4.10. The molecule has 1 atom stereocenters. The average Bonchev–Trinajstić information content (AvgIpc) is 2.78. The van der Waals surface area contributed by atoms with Crippen LogP contribution in [-0.2, 0) is 5.75 Å². The Hall–Kier alpha value is -2.92. The number of amides is 1. The van der Waals surface area contributed by atoms with E-state index in [-0.39, 0.29) is 11.9 Å². The quantitative estimate of drug-likeness (QED) is 0.532. The summed E-state index contributed by atoms with van der Waals surface area (Å²) in [6.07, 6.45) is 0. The molecule has 5 heteroatoms. The molecule has 0 unspecified atom stereocenters. The lowest BCUT2D eigenvalue weighted by atomic mass is 10.1. The van der Waals surface area contributed by atoms with Gasteiger partial charge in [0.05, 0.1) is 6.04 Å². The van der Waals surface area contributed by atoms with Crippen molar-refractivity contribution in [3.63, 3.8) is 0 Å². The molecule has 0 spiro atoms. The van der Waals surface area contributed by atoms with Crippen molar-refractivity contribution in [1.29, 1.82) is 0 Å². The lowest BCUT2D eigenvalue weighted by Gasteiger charge is -2.21. The fraction of sp³-hybridized carbons (Fsp3) is 0.240. The van der Waals surface area contributed by atoms with Crippen LogP contribution in [0.2, 0.25) is 0 Å². The highest BCUT2D eigenvalue weighted by Gasteiger charge is 2.16. The van der Waals surface area contributed by atoms with Crippen molar-refractivity contribution < 1.29 is 14.3 Å².